The third-order valence-electron chi connectivity index (χ3n) is 5.73. The number of thiophene rings is 1. The molecule has 1 amide bonds. The number of rotatable bonds is 6. The van der Waals surface area contributed by atoms with Gasteiger partial charge in [0.1, 0.15) is 10.5 Å². The lowest BCUT2D eigenvalue weighted by Crippen LogP contribution is -2.25. The Labute approximate surface area is 189 Å². The van der Waals surface area contributed by atoms with Crippen molar-refractivity contribution >= 4 is 33.9 Å². The van der Waals surface area contributed by atoms with Crippen LogP contribution >= 0.6 is 11.3 Å². The van der Waals surface area contributed by atoms with E-state index in [0.717, 1.165) is 55.7 Å². The highest BCUT2D eigenvalue weighted by Gasteiger charge is 2.25. The van der Waals surface area contributed by atoms with Gasteiger partial charge in [0.15, 0.2) is 0 Å². The minimum Gasteiger partial charge on any atom is -0.483 e. The molecule has 8 nitrogen and oxygen atoms in total. The second-order valence-corrected chi connectivity index (χ2v) is 9.21. The second kappa shape index (κ2) is 10.1. The number of carbonyl (C=O) groups is 2. The van der Waals surface area contributed by atoms with Crippen molar-refractivity contribution in [2.75, 3.05) is 13.1 Å². The summed E-state index contributed by atoms with van der Waals surface area (Å²) < 4.78 is 0.693. The zero-order valence-electron chi connectivity index (χ0n) is 17.6. The molecule has 1 atom stereocenters. The standard InChI is InChI=1S/C22H24N4O2S.CH2O2/c27-21(23-17-4-5-17)16-3-1-2-14(11-16)10-15-6-8-26(12-15)13-19-24-18-7-9-29-20(18)22(28)25-19;2-1-3/h1-3,7,9,11,15,17H,4-6,8,10,12-13H2,(H,23,27)(H,24,25,28);1H,(H,2,3). The third-order valence-corrected chi connectivity index (χ3v) is 6.64. The van der Waals surface area contributed by atoms with E-state index in [-0.39, 0.29) is 17.9 Å². The summed E-state index contributed by atoms with van der Waals surface area (Å²) >= 11 is 1.43. The molecule has 1 aliphatic carbocycles. The van der Waals surface area contributed by atoms with Crippen molar-refractivity contribution in [2.24, 2.45) is 5.92 Å². The summed E-state index contributed by atoms with van der Waals surface area (Å²) in [5.41, 5.74) is 2.71. The molecule has 2 aromatic heterocycles. The number of H-pyrrole nitrogens is 1. The Bertz CT molecular complexity index is 1150. The number of benzene rings is 1. The van der Waals surface area contributed by atoms with Gasteiger partial charge in [0.05, 0.1) is 12.1 Å². The number of nitrogens with one attached hydrogen (secondary N) is 2. The lowest BCUT2D eigenvalue weighted by atomic mass is 9.97. The van der Waals surface area contributed by atoms with Gasteiger partial charge in [-0.15, -0.1) is 11.3 Å². The number of nitrogens with zero attached hydrogens (tertiary/aromatic N) is 2. The van der Waals surface area contributed by atoms with E-state index < -0.39 is 0 Å². The van der Waals surface area contributed by atoms with E-state index in [9.17, 15) is 9.59 Å². The van der Waals surface area contributed by atoms with E-state index in [1.165, 1.54) is 16.9 Å². The average molecular weight is 455 g/mol. The molecule has 3 heterocycles. The summed E-state index contributed by atoms with van der Waals surface area (Å²) in [7, 11) is 0. The van der Waals surface area contributed by atoms with Crippen LogP contribution in [0, 0.1) is 5.92 Å². The van der Waals surface area contributed by atoms with Crippen molar-refractivity contribution in [1.29, 1.82) is 0 Å². The van der Waals surface area contributed by atoms with Gasteiger partial charge in [-0.3, -0.25) is 19.3 Å². The van der Waals surface area contributed by atoms with Crippen molar-refractivity contribution in [1.82, 2.24) is 20.2 Å². The number of hydrogen-bond acceptors (Lipinski definition) is 6. The monoisotopic (exact) mass is 454 g/mol. The van der Waals surface area contributed by atoms with Gasteiger partial charge in [-0.1, -0.05) is 12.1 Å². The zero-order chi connectivity index (χ0) is 22.5. The minimum absolute atomic E-state index is 0.0428. The number of carbonyl (C=O) groups excluding carboxylic acids is 1. The Morgan fingerprint density at radius 1 is 1.31 bits per heavy atom. The topological polar surface area (TPSA) is 115 Å². The molecule has 2 fully saturated rings. The van der Waals surface area contributed by atoms with E-state index >= 15 is 0 Å². The fraction of sp³-hybridized carbons (Fsp3) is 0.391. The van der Waals surface area contributed by atoms with Crippen LogP contribution in [0.15, 0.2) is 40.5 Å². The van der Waals surface area contributed by atoms with Crippen molar-refractivity contribution in [3.05, 3.63) is 63.0 Å². The van der Waals surface area contributed by atoms with Gasteiger partial charge in [0.2, 0.25) is 0 Å². The number of carboxylic acid groups (broad SMARTS) is 1. The highest BCUT2D eigenvalue weighted by Crippen LogP contribution is 2.24. The van der Waals surface area contributed by atoms with Crippen LogP contribution in [-0.2, 0) is 17.8 Å². The van der Waals surface area contributed by atoms with Crippen molar-refractivity contribution in [3.63, 3.8) is 0 Å². The van der Waals surface area contributed by atoms with Crippen LogP contribution in [0.2, 0.25) is 0 Å². The molecule has 1 aliphatic heterocycles. The smallest absolute Gasteiger partial charge is 0.290 e. The molecule has 0 spiro atoms. The Morgan fingerprint density at radius 3 is 2.91 bits per heavy atom. The molecule has 32 heavy (non-hydrogen) atoms. The SMILES string of the molecule is O=C(NC1CC1)c1cccc(CC2CCN(Cc3nc4ccsc4c(=O)[nH]3)C2)c1.O=CO. The molecule has 9 heteroatoms. The third kappa shape index (κ3) is 5.60. The van der Waals surface area contributed by atoms with Crippen LogP contribution in [0.5, 0.6) is 0 Å². The number of aromatic nitrogens is 2. The molecule has 3 N–H and O–H groups in total. The van der Waals surface area contributed by atoms with Gasteiger partial charge in [-0.25, -0.2) is 4.98 Å². The van der Waals surface area contributed by atoms with E-state index in [1.54, 1.807) is 0 Å². The number of aromatic amines is 1. The molecule has 1 saturated heterocycles. The highest BCUT2D eigenvalue weighted by molar-refractivity contribution is 7.17. The molecule has 1 unspecified atom stereocenters. The van der Waals surface area contributed by atoms with Gasteiger partial charge >= 0.3 is 0 Å². The summed E-state index contributed by atoms with van der Waals surface area (Å²) in [5, 5.41) is 11.9. The van der Waals surface area contributed by atoms with Crippen LogP contribution in [0.4, 0.5) is 0 Å². The molecule has 3 aromatic rings. The summed E-state index contributed by atoms with van der Waals surface area (Å²) in [4.78, 5) is 42.7. The molecule has 1 saturated carbocycles. The Hall–Kier alpha value is -3.04. The molecule has 2 aliphatic rings. The van der Waals surface area contributed by atoms with Crippen LogP contribution in [-0.4, -0.2) is 51.5 Å². The Morgan fingerprint density at radius 2 is 2.12 bits per heavy atom. The van der Waals surface area contributed by atoms with Crippen LogP contribution in [0.25, 0.3) is 10.2 Å². The maximum absolute atomic E-state index is 12.3. The van der Waals surface area contributed by atoms with Crippen molar-refractivity contribution < 1.29 is 14.7 Å². The fourth-order valence-electron chi connectivity index (χ4n) is 4.10. The Balaban J connectivity index is 0.000000775. The number of hydrogen-bond donors (Lipinski definition) is 3. The van der Waals surface area contributed by atoms with E-state index in [4.69, 9.17) is 9.90 Å². The molecular weight excluding hydrogens is 428 g/mol. The lowest BCUT2D eigenvalue weighted by molar-refractivity contribution is -0.122. The van der Waals surface area contributed by atoms with E-state index in [2.05, 4.69) is 26.3 Å². The summed E-state index contributed by atoms with van der Waals surface area (Å²) in [6, 6.07) is 10.3. The van der Waals surface area contributed by atoms with Crippen molar-refractivity contribution in [2.45, 2.75) is 38.3 Å². The highest BCUT2D eigenvalue weighted by atomic mass is 32.1. The molecule has 168 valence electrons. The largest absolute Gasteiger partial charge is 0.483 e. The van der Waals surface area contributed by atoms with Crippen LogP contribution in [0.1, 0.15) is 41.0 Å². The van der Waals surface area contributed by atoms with E-state index in [1.807, 2.05) is 29.6 Å². The quantitative estimate of drug-likeness (QED) is 0.493. The minimum atomic E-state index is -0.250. The molecule has 0 radical (unpaired) electrons. The number of likely N-dealkylation sites (tertiary alicyclic amines) is 1. The predicted octanol–water partition coefficient (Wildman–Crippen LogP) is 2.64. The number of amides is 1. The Kier molecular flexibility index (Phi) is 6.96. The maximum atomic E-state index is 12.3. The van der Waals surface area contributed by atoms with Gasteiger partial charge in [0.25, 0.3) is 17.9 Å². The van der Waals surface area contributed by atoms with Gasteiger partial charge in [0, 0.05) is 18.2 Å². The van der Waals surface area contributed by atoms with Gasteiger partial charge < -0.3 is 15.4 Å². The first-order valence-corrected chi connectivity index (χ1v) is 11.6. The van der Waals surface area contributed by atoms with E-state index in [0.29, 0.717) is 23.2 Å². The first-order chi connectivity index (χ1) is 15.6. The van der Waals surface area contributed by atoms with Crippen molar-refractivity contribution in [3.8, 4) is 0 Å². The average Bonchev–Trinajstić information content (AvgIpc) is 3.26. The summed E-state index contributed by atoms with van der Waals surface area (Å²) in [6.07, 6.45) is 4.28. The normalized spacial score (nSPS) is 18.2. The lowest BCUT2D eigenvalue weighted by Gasteiger charge is -2.15. The van der Waals surface area contributed by atoms with Crippen LogP contribution in [0.3, 0.4) is 0 Å². The second-order valence-electron chi connectivity index (χ2n) is 8.30. The van der Waals surface area contributed by atoms with Gasteiger partial charge in [-0.05, 0) is 67.3 Å². The molecule has 1 aromatic carbocycles. The molecule has 0 bridgehead atoms. The summed E-state index contributed by atoms with van der Waals surface area (Å²) in [6.45, 7) is 2.39. The molecule has 5 rings (SSSR count). The predicted molar refractivity (Wildman–Crippen MR) is 123 cm³/mol. The van der Waals surface area contributed by atoms with Gasteiger partial charge in [-0.2, -0.15) is 0 Å². The fourth-order valence-corrected chi connectivity index (χ4v) is 4.83. The summed E-state index contributed by atoms with van der Waals surface area (Å²) in [5.74, 6) is 1.33. The molecular formula is C23H26N4O4S. The first kappa shape index (κ1) is 22.2. The number of fused-ring (bicyclic) bond motifs is 1. The first-order valence-electron chi connectivity index (χ1n) is 10.7. The maximum Gasteiger partial charge on any atom is 0.290 e. The van der Waals surface area contributed by atoms with Crippen LogP contribution < -0.4 is 10.9 Å². The zero-order valence-corrected chi connectivity index (χ0v) is 18.4.